The van der Waals surface area contributed by atoms with Crippen LogP contribution in [-0.2, 0) is 0 Å². The molecule has 0 fully saturated rings. The van der Waals surface area contributed by atoms with E-state index in [1.54, 1.807) is 12.1 Å². The molecule has 0 saturated carbocycles. The first kappa shape index (κ1) is 14.9. The van der Waals surface area contributed by atoms with E-state index < -0.39 is 0 Å². The third kappa shape index (κ3) is 2.80. The van der Waals surface area contributed by atoms with E-state index in [9.17, 15) is 14.6 Å². The lowest BCUT2D eigenvalue weighted by atomic mass is 10.2. The summed E-state index contributed by atoms with van der Waals surface area (Å²) in [5.41, 5.74) is 1.43. The van der Waals surface area contributed by atoms with Crippen LogP contribution < -0.4 is 10.1 Å². The van der Waals surface area contributed by atoms with Crippen molar-refractivity contribution in [2.45, 2.75) is 0 Å². The lowest BCUT2D eigenvalue weighted by Crippen LogP contribution is -1.97. The van der Waals surface area contributed by atoms with Gasteiger partial charge in [-0.15, -0.1) is 0 Å². The summed E-state index contributed by atoms with van der Waals surface area (Å²) in [6.45, 7) is 0. The van der Waals surface area contributed by atoms with Gasteiger partial charge in [0.25, 0.3) is 5.88 Å². The SMILES string of the molecule is Oc1cc2c(cc1O)Oc1ncnc(Nc3ccc(F)cc3)c1N=C2. The molecule has 0 unspecified atom stereocenters. The minimum Gasteiger partial charge on any atom is -0.504 e. The maximum absolute atomic E-state index is 13.0. The fourth-order valence-electron chi connectivity index (χ4n) is 2.32. The number of phenols is 2. The van der Waals surface area contributed by atoms with Crippen molar-refractivity contribution in [3.05, 3.63) is 54.1 Å². The van der Waals surface area contributed by atoms with Crippen LogP contribution in [0.25, 0.3) is 0 Å². The minimum absolute atomic E-state index is 0.180. The van der Waals surface area contributed by atoms with E-state index in [1.807, 2.05) is 0 Å². The number of rotatable bonds is 2. The standard InChI is InChI=1S/C17H11FN4O3/c18-10-1-3-11(4-2-10)22-16-15-17(21-8-20-16)25-14-6-13(24)12(23)5-9(14)7-19-15/h1-8,23-24H,(H,20,21,22). The molecule has 2 aromatic carbocycles. The van der Waals surface area contributed by atoms with Crippen molar-refractivity contribution in [2.75, 3.05) is 5.32 Å². The molecule has 1 aliphatic heterocycles. The Morgan fingerprint density at radius 1 is 1.00 bits per heavy atom. The normalized spacial score (nSPS) is 11.9. The molecule has 124 valence electrons. The molecule has 3 aromatic rings. The third-order valence-corrected chi connectivity index (χ3v) is 3.54. The highest BCUT2D eigenvalue weighted by molar-refractivity contribution is 5.90. The minimum atomic E-state index is -0.344. The summed E-state index contributed by atoms with van der Waals surface area (Å²) >= 11 is 0. The summed E-state index contributed by atoms with van der Waals surface area (Å²) in [6, 6.07) is 8.39. The van der Waals surface area contributed by atoms with Gasteiger partial charge in [0.05, 0.1) is 0 Å². The van der Waals surface area contributed by atoms with Crippen molar-refractivity contribution in [3.8, 4) is 23.1 Å². The molecule has 25 heavy (non-hydrogen) atoms. The molecule has 0 amide bonds. The molecule has 0 atom stereocenters. The van der Waals surface area contributed by atoms with E-state index in [4.69, 9.17) is 4.74 Å². The number of aromatic nitrogens is 2. The maximum atomic E-state index is 13.0. The first-order valence-corrected chi connectivity index (χ1v) is 7.25. The average Bonchev–Trinajstić information content (AvgIpc) is 2.77. The smallest absolute Gasteiger partial charge is 0.250 e. The lowest BCUT2D eigenvalue weighted by Gasteiger charge is -2.11. The Morgan fingerprint density at radius 3 is 2.56 bits per heavy atom. The van der Waals surface area contributed by atoms with E-state index in [2.05, 4.69) is 20.3 Å². The lowest BCUT2D eigenvalue weighted by molar-refractivity contribution is 0.396. The number of aliphatic imine (C=N–C) groups is 1. The van der Waals surface area contributed by atoms with E-state index in [-0.39, 0.29) is 23.2 Å². The second-order valence-electron chi connectivity index (χ2n) is 5.25. The first-order valence-electron chi connectivity index (χ1n) is 7.25. The van der Waals surface area contributed by atoms with Crippen molar-refractivity contribution in [3.63, 3.8) is 0 Å². The van der Waals surface area contributed by atoms with Crippen LogP contribution in [0.15, 0.2) is 47.7 Å². The second kappa shape index (κ2) is 5.75. The number of phenolic OH excluding ortho intramolecular Hbond substituents is 2. The zero-order valence-electron chi connectivity index (χ0n) is 12.6. The van der Waals surface area contributed by atoms with Crippen LogP contribution in [0.4, 0.5) is 21.6 Å². The van der Waals surface area contributed by atoms with Crippen LogP contribution in [0, 0.1) is 5.82 Å². The number of nitrogens with zero attached hydrogens (tertiary/aromatic N) is 3. The Hall–Kier alpha value is -3.68. The van der Waals surface area contributed by atoms with Crippen LogP contribution in [0.5, 0.6) is 23.1 Å². The number of anilines is 2. The molecule has 0 bridgehead atoms. The number of hydrogen-bond donors (Lipinski definition) is 3. The molecular weight excluding hydrogens is 327 g/mol. The quantitative estimate of drug-likeness (QED) is 0.483. The zero-order chi connectivity index (χ0) is 17.4. The highest BCUT2D eigenvalue weighted by Gasteiger charge is 2.19. The zero-order valence-corrected chi connectivity index (χ0v) is 12.6. The molecule has 0 aliphatic carbocycles. The number of benzene rings is 2. The number of nitrogens with one attached hydrogen (secondary N) is 1. The summed E-state index contributed by atoms with van der Waals surface area (Å²) in [5.74, 6) is -0.0913. The van der Waals surface area contributed by atoms with Gasteiger partial charge in [0.2, 0.25) is 0 Å². The molecule has 1 aliphatic rings. The van der Waals surface area contributed by atoms with Gasteiger partial charge in [-0.25, -0.2) is 14.4 Å². The van der Waals surface area contributed by atoms with Gasteiger partial charge in [0.1, 0.15) is 17.9 Å². The van der Waals surface area contributed by atoms with E-state index in [0.717, 1.165) is 0 Å². The highest BCUT2D eigenvalue weighted by Crippen LogP contribution is 2.41. The fourth-order valence-corrected chi connectivity index (χ4v) is 2.32. The van der Waals surface area contributed by atoms with E-state index in [0.29, 0.717) is 28.5 Å². The van der Waals surface area contributed by atoms with Gasteiger partial charge in [-0.3, -0.25) is 0 Å². The summed E-state index contributed by atoms with van der Waals surface area (Å²) in [7, 11) is 0. The predicted molar refractivity (Wildman–Crippen MR) is 88.8 cm³/mol. The van der Waals surface area contributed by atoms with Crippen LogP contribution in [0.2, 0.25) is 0 Å². The van der Waals surface area contributed by atoms with Gasteiger partial charge in [-0.2, -0.15) is 4.98 Å². The molecule has 0 radical (unpaired) electrons. The number of hydrogen-bond acceptors (Lipinski definition) is 7. The van der Waals surface area contributed by atoms with Crippen LogP contribution in [-0.4, -0.2) is 26.4 Å². The average molecular weight is 338 g/mol. The molecule has 8 heteroatoms. The van der Waals surface area contributed by atoms with Gasteiger partial charge < -0.3 is 20.3 Å². The molecule has 0 saturated heterocycles. The molecule has 7 nitrogen and oxygen atoms in total. The van der Waals surface area contributed by atoms with Gasteiger partial charge in [-0.1, -0.05) is 0 Å². The second-order valence-corrected chi connectivity index (χ2v) is 5.25. The Kier molecular flexibility index (Phi) is 3.42. The molecule has 1 aromatic heterocycles. The topological polar surface area (TPSA) is 99.9 Å². The van der Waals surface area contributed by atoms with Crippen LogP contribution in [0.1, 0.15) is 5.56 Å². The van der Waals surface area contributed by atoms with Crippen molar-refractivity contribution in [2.24, 2.45) is 4.99 Å². The third-order valence-electron chi connectivity index (χ3n) is 3.54. The van der Waals surface area contributed by atoms with Crippen molar-refractivity contribution >= 4 is 23.4 Å². The summed E-state index contributed by atoms with van der Waals surface area (Å²) in [5, 5.41) is 22.3. The predicted octanol–water partition coefficient (Wildman–Crippen LogP) is 3.63. The Bertz CT molecular complexity index is 990. The van der Waals surface area contributed by atoms with Crippen LogP contribution in [0.3, 0.4) is 0 Å². The van der Waals surface area contributed by atoms with Crippen molar-refractivity contribution in [1.82, 2.24) is 9.97 Å². The largest absolute Gasteiger partial charge is 0.504 e. The number of halogens is 1. The monoisotopic (exact) mass is 338 g/mol. The molecular formula is C17H11FN4O3. The van der Waals surface area contributed by atoms with E-state index >= 15 is 0 Å². The van der Waals surface area contributed by atoms with Crippen LogP contribution >= 0.6 is 0 Å². The molecule has 2 heterocycles. The number of fused-ring (bicyclic) bond motifs is 2. The van der Waals surface area contributed by atoms with Crippen molar-refractivity contribution < 1.29 is 19.3 Å². The van der Waals surface area contributed by atoms with Gasteiger partial charge in [-0.05, 0) is 30.3 Å². The summed E-state index contributed by atoms with van der Waals surface area (Å²) < 4.78 is 18.7. The van der Waals surface area contributed by atoms with Gasteiger partial charge in [0, 0.05) is 23.5 Å². The Labute approximate surface area is 141 Å². The van der Waals surface area contributed by atoms with Gasteiger partial charge in [0.15, 0.2) is 23.0 Å². The summed E-state index contributed by atoms with van der Waals surface area (Å²) in [6.07, 6.45) is 2.77. The number of aromatic hydroxyl groups is 2. The Morgan fingerprint density at radius 2 is 1.76 bits per heavy atom. The summed E-state index contributed by atoms with van der Waals surface area (Å²) in [4.78, 5) is 12.5. The van der Waals surface area contributed by atoms with Crippen molar-refractivity contribution in [1.29, 1.82) is 0 Å². The first-order chi connectivity index (χ1) is 12.1. The fraction of sp³-hybridized carbons (Fsp3) is 0. The Balaban J connectivity index is 1.74. The number of ether oxygens (including phenoxy) is 1. The highest BCUT2D eigenvalue weighted by atomic mass is 19.1. The van der Waals surface area contributed by atoms with Gasteiger partial charge >= 0.3 is 0 Å². The van der Waals surface area contributed by atoms with E-state index in [1.165, 1.54) is 36.8 Å². The molecule has 0 spiro atoms. The maximum Gasteiger partial charge on any atom is 0.250 e. The molecule has 3 N–H and O–H groups in total. The molecule has 4 rings (SSSR count).